The van der Waals surface area contributed by atoms with Gasteiger partial charge in [-0.05, 0) is 34.4 Å². The fraction of sp³-hybridized carbons (Fsp3) is 0.0417. The molecule has 0 atom stereocenters. The van der Waals surface area contributed by atoms with Crippen molar-refractivity contribution in [1.29, 1.82) is 0 Å². The van der Waals surface area contributed by atoms with E-state index in [0.717, 1.165) is 21.3 Å². The molecule has 1 aliphatic rings. The molecule has 0 aliphatic heterocycles. The molecule has 0 N–H and O–H groups in total. The Labute approximate surface area is 174 Å². The van der Waals surface area contributed by atoms with Crippen LogP contribution >= 0.6 is 11.3 Å². The number of allylic oxidation sites excluding steroid dienone is 1. The topological polar surface area (TPSA) is 65.1 Å². The van der Waals surface area contributed by atoms with E-state index in [1.54, 1.807) is 23.5 Å². The van der Waals surface area contributed by atoms with Gasteiger partial charge in [-0.25, -0.2) is 0 Å². The number of carbonyl (C=O) groups excluding carboxylic acids is 2. The number of nitrogens with zero attached hydrogens (tertiary/aromatic N) is 2. The number of hydrogen-bond donors (Lipinski definition) is 0. The minimum atomic E-state index is -0.290. The van der Waals surface area contributed by atoms with Crippen molar-refractivity contribution in [2.45, 2.75) is 0 Å². The minimum absolute atomic E-state index is 0.0883. The number of aromatic nitrogens is 2. The average Bonchev–Trinajstić information content (AvgIpc) is 3.51. The van der Waals surface area contributed by atoms with Crippen LogP contribution in [0.15, 0.2) is 70.0 Å². The van der Waals surface area contributed by atoms with Gasteiger partial charge in [0.25, 0.3) is 0 Å². The number of hydrogen-bond acceptors (Lipinski definition) is 5. The predicted molar refractivity (Wildman–Crippen MR) is 117 cm³/mol. The number of Topliss-reactive ketones (excluding diaryl/α,β-unsaturated/α-hetero) is 2. The second kappa shape index (κ2) is 6.11. The Morgan fingerprint density at radius 3 is 2.27 bits per heavy atom. The molecule has 0 saturated heterocycles. The first-order valence-electron chi connectivity index (χ1n) is 9.44. The first kappa shape index (κ1) is 17.1. The summed E-state index contributed by atoms with van der Waals surface area (Å²) in [7, 11) is 1.92. The van der Waals surface area contributed by atoms with Crippen LogP contribution in [0.4, 0.5) is 0 Å². The largest absolute Gasteiger partial charge is 0.435 e. The predicted octanol–water partition coefficient (Wildman–Crippen LogP) is 5.51. The summed E-state index contributed by atoms with van der Waals surface area (Å²) in [5.41, 5.74) is 3.25. The van der Waals surface area contributed by atoms with Crippen molar-refractivity contribution in [3.8, 4) is 10.6 Å². The molecule has 0 amide bonds. The van der Waals surface area contributed by atoms with Crippen molar-refractivity contribution in [3.05, 3.63) is 82.6 Å². The lowest BCUT2D eigenvalue weighted by Crippen LogP contribution is -2.00. The normalized spacial score (nSPS) is 13.6. The van der Waals surface area contributed by atoms with Crippen LogP contribution in [0.5, 0.6) is 0 Å². The molecule has 0 radical (unpaired) electrons. The first-order chi connectivity index (χ1) is 14.6. The molecule has 2 aromatic carbocycles. The summed E-state index contributed by atoms with van der Waals surface area (Å²) in [6, 6.07) is 17.2. The zero-order valence-corrected chi connectivity index (χ0v) is 16.7. The van der Waals surface area contributed by atoms with Crippen molar-refractivity contribution < 1.29 is 14.0 Å². The smallest absolute Gasteiger partial charge is 0.222 e. The summed E-state index contributed by atoms with van der Waals surface area (Å²) < 4.78 is 7.81. The number of thiophene rings is 1. The highest BCUT2D eigenvalue weighted by Crippen LogP contribution is 2.33. The minimum Gasteiger partial charge on any atom is -0.435 e. The highest BCUT2D eigenvalue weighted by Gasteiger charge is 2.34. The van der Waals surface area contributed by atoms with E-state index in [0.29, 0.717) is 22.4 Å². The van der Waals surface area contributed by atoms with Gasteiger partial charge in [-0.3, -0.25) is 9.59 Å². The highest BCUT2D eigenvalue weighted by molar-refractivity contribution is 7.13. The molecule has 5 nitrogen and oxygen atoms in total. The Morgan fingerprint density at radius 2 is 1.67 bits per heavy atom. The van der Waals surface area contributed by atoms with Crippen molar-refractivity contribution in [1.82, 2.24) is 9.55 Å². The van der Waals surface area contributed by atoms with E-state index >= 15 is 0 Å². The highest BCUT2D eigenvalue weighted by atomic mass is 32.1. The van der Waals surface area contributed by atoms with Gasteiger partial charge in [0, 0.05) is 30.3 Å². The van der Waals surface area contributed by atoms with Crippen LogP contribution in [0, 0.1) is 0 Å². The molecule has 0 bridgehead atoms. The SMILES string of the molecule is Cn1c(-c2cccs2)cc2oc(C=C3C(=O)c4cc5ccccc5cc4C3=O)nc21. The van der Waals surface area contributed by atoms with Gasteiger partial charge in [-0.1, -0.05) is 30.3 Å². The molecular weight excluding hydrogens is 396 g/mol. The Kier molecular flexibility index (Phi) is 3.49. The van der Waals surface area contributed by atoms with Gasteiger partial charge in [-0.2, -0.15) is 4.98 Å². The van der Waals surface area contributed by atoms with E-state index in [9.17, 15) is 9.59 Å². The summed E-state index contributed by atoms with van der Waals surface area (Å²) in [5.74, 6) is -0.327. The van der Waals surface area contributed by atoms with E-state index in [4.69, 9.17) is 4.42 Å². The molecule has 3 aromatic heterocycles. The number of benzene rings is 2. The van der Waals surface area contributed by atoms with Crippen molar-refractivity contribution in [2.24, 2.45) is 7.05 Å². The van der Waals surface area contributed by atoms with Gasteiger partial charge in [0.15, 0.2) is 22.8 Å². The van der Waals surface area contributed by atoms with Crippen molar-refractivity contribution >= 4 is 51.0 Å². The molecule has 144 valence electrons. The summed E-state index contributed by atoms with van der Waals surface area (Å²) in [6.45, 7) is 0. The van der Waals surface area contributed by atoms with Gasteiger partial charge in [0.05, 0.1) is 16.1 Å². The molecule has 1 aliphatic carbocycles. The monoisotopic (exact) mass is 410 g/mol. The summed E-state index contributed by atoms with van der Waals surface area (Å²) in [5, 5.41) is 3.88. The van der Waals surface area contributed by atoms with Gasteiger partial charge in [0.2, 0.25) is 5.89 Å². The number of rotatable bonds is 2. The number of carbonyl (C=O) groups is 2. The van der Waals surface area contributed by atoms with E-state index in [-0.39, 0.29) is 23.0 Å². The maximum atomic E-state index is 12.9. The van der Waals surface area contributed by atoms with E-state index in [1.807, 2.05) is 59.5 Å². The van der Waals surface area contributed by atoms with Crippen LogP contribution in [0.25, 0.3) is 38.6 Å². The maximum Gasteiger partial charge on any atom is 0.222 e. The van der Waals surface area contributed by atoms with Crippen LogP contribution < -0.4 is 0 Å². The molecule has 6 rings (SSSR count). The third-order valence-electron chi connectivity index (χ3n) is 5.50. The molecule has 3 heterocycles. The molecule has 30 heavy (non-hydrogen) atoms. The second-order valence-electron chi connectivity index (χ2n) is 7.27. The number of ketones is 2. The number of oxazole rings is 1. The molecule has 6 heteroatoms. The fourth-order valence-corrected chi connectivity index (χ4v) is 4.77. The van der Waals surface area contributed by atoms with E-state index in [2.05, 4.69) is 4.98 Å². The lowest BCUT2D eigenvalue weighted by molar-refractivity contribution is 0.0990. The van der Waals surface area contributed by atoms with Crippen molar-refractivity contribution in [2.75, 3.05) is 0 Å². The Bertz CT molecular complexity index is 1480. The molecule has 5 aromatic rings. The standard InChI is InChI=1S/C24H14N2O3S/c1-26-18(20-7-4-8-30-20)12-19-24(26)25-21(29-19)11-17-22(27)15-9-13-5-2-3-6-14(13)10-16(15)23(17)28/h2-12H,1H3. The summed E-state index contributed by atoms with van der Waals surface area (Å²) in [4.78, 5) is 31.5. The van der Waals surface area contributed by atoms with Crippen molar-refractivity contribution in [3.63, 3.8) is 0 Å². The Morgan fingerprint density at radius 1 is 0.967 bits per heavy atom. The molecule has 0 unspecified atom stereocenters. The third-order valence-corrected chi connectivity index (χ3v) is 6.40. The molecule has 0 saturated carbocycles. The Balaban J connectivity index is 1.43. The van der Waals surface area contributed by atoms with Gasteiger partial charge >= 0.3 is 0 Å². The maximum absolute atomic E-state index is 12.9. The molecule has 0 fully saturated rings. The molecule has 0 spiro atoms. The fourth-order valence-electron chi connectivity index (χ4n) is 4.00. The number of fused-ring (bicyclic) bond motifs is 3. The lowest BCUT2D eigenvalue weighted by Gasteiger charge is -2.00. The van der Waals surface area contributed by atoms with Crippen LogP contribution in [0.3, 0.4) is 0 Å². The average molecular weight is 410 g/mol. The first-order valence-corrected chi connectivity index (χ1v) is 10.3. The van der Waals surface area contributed by atoms with Gasteiger partial charge < -0.3 is 8.98 Å². The number of aryl methyl sites for hydroxylation is 1. The van der Waals surface area contributed by atoms with Crippen LogP contribution in [-0.4, -0.2) is 21.1 Å². The van der Waals surface area contributed by atoms with Gasteiger partial charge in [-0.15, -0.1) is 11.3 Å². The van der Waals surface area contributed by atoms with E-state index in [1.165, 1.54) is 6.08 Å². The third kappa shape index (κ3) is 2.37. The molecular formula is C24H14N2O3S. The van der Waals surface area contributed by atoms with Crippen LogP contribution in [0.2, 0.25) is 0 Å². The van der Waals surface area contributed by atoms with Gasteiger partial charge in [0.1, 0.15) is 0 Å². The zero-order chi connectivity index (χ0) is 20.4. The second-order valence-corrected chi connectivity index (χ2v) is 8.21. The summed E-state index contributed by atoms with van der Waals surface area (Å²) in [6.07, 6.45) is 1.46. The Hall–Kier alpha value is -3.77. The van der Waals surface area contributed by atoms with E-state index < -0.39 is 0 Å². The zero-order valence-electron chi connectivity index (χ0n) is 15.9. The lowest BCUT2D eigenvalue weighted by atomic mass is 10.0. The quantitative estimate of drug-likeness (QED) is 0.284. The summed E-state index contributed by atoms with van der Waals surface area (Å²) >= 11 is 1.64. The van der Waals surface area contributed by atoms with Crippen LogP contribution in [-0.2, 0) is 7.05 Å². The van der Waals surface area contributed by atoms with Crippen LogP contribution in [0.1, 0.15) is 26.6 Å².